The summed E-state index contributed by atoms with van der Waals surface area (Å²) in [6.45, 7) is 2.63. The second-order valence-corrected chi connectivity index (χ2v) is 9.18. The summed E-state index contributed by atoms with van der Waals surface area (Å²) < 4.78 is 2.37. The number of hydrogen-bond acceptors (Lipinski definition) is 7. The van der Waals surface area contributed by atoms with Gasteiger partial charge >= 0.3 is 0 Å². The molecule has 9 heteroatoms. The molecule has 174 valence electrons. The molecular formula is C25H27N7O2. The van der Waals surface area contributed by atoms with Crippen molar-refractivity contribution in [3.05, 3.63) is 47.5 Å². The van der Waals surface area contributed by atoms with Crippen LogP contribution in [0.15, 0.2) is 30.6 Å². The Labute approximate surface area is 196 Å². The van der Waals surface area contributed by atoms with Gasteiger partial charge in [0.05, 0.1) is 11.2 Å². The summed E-state index contributed by atoms with van der Waals surface area (Å²) >= 11 is 0. The van der Waals surface area contributed by atoms with Crippen molar-refractivity contribution in [3.63, 3.8) is 0 Å². The lowest BCUT2D eigenvalue weighted by atomic mass is 10.1. The first-order valence-corrected chi connectivity index (χ1v) is 11.9. The molecule has 1 amide bonds. The van der Waals surface area contributed by atoms with Gasteiger partial charge in [-0.2, -0.15) is 4.98 Å². The second kappa shape index (κ2) is 8.32. The highest BCUT2D eigenvalue weighted by atomic mass is 16.3. The van der Waals surface area contributed by atoms with Crippen molar-refractivity contribution in [2.75, 3.05) is 18.5 Å². The minimum Gasteiger partial charge on any atom is -0.387 e. The number of fused-ring (bicyclic) bond motifs is 4. The lowest BCUT2D eigenvalue weighted by molar-refractivity contribution is -0.135. The van der Waals surface area contributed by atoms with E-state index in [1.54, 1.807) is 4.90 Å². The topological polar surface area (TPSA) is 109 Å². The predicted molar refractivity (Wildman–Crippen MR) is 129 cm³/mol. The molecule has 0 radical (unpaired) electrons. The molecule has 1 fully saturated rings. The van der Waals surface area contributed by atoms with E-state index in [2.05, 4.69) is 32.8 Å². The highest BCUT2D eigenvalue weighted by Crippen LogP contribution is 2.38. The Balaban J connectivity index is 1.36. The van der Waals surface area contributed by atoms with Crippen LogP contribution >= 0.6 is 0 Å². The number of amides is 1. The summed E-state index contributed by atoms with van der Waals surface area (Å²) in [7, 11) is 0. The van der Waals surface area contributed by atoms with Gasteiger partial charge in [-0.3, -0.25) is 9.78 Å². The molecule has 9 nitrogen and oxygen atoms in total. The Bertz CT molecular complexity index is 1410. The largest absolute Gasteiger partial charge is 0.387 e. The fourth-order valence-electron chi connectivity index (χ4n) is 5.42. The van der Waals surface area contributed by atoms with Gasteiger partial charge in [-0.25, -0.2) is 9.97 Å². The molecule has 1 aliphatic carbocycles. The van der Waals surface area contributed by atoms with Crippen molar-refractivity contribution in [3.8, 4) is 0 Å². The molecule has 1 aliphatic heterocycles. The van der Waals surface area contributed by atoms with Gasteiger partial charge in [0.15, 0.2) is 0 Å². The van der Waals surface area contributed by atoms with E-state index in [1.807, 2.05) is 24.5 Å². The first-order chi connectivity index (χ1) is 16.6. The molecule has 2 aliphatic rings. The highest BCUT2D eigenvalue weighted by molar-refractivity contribution is 6.07. The number of pyridine rings is 2. The maximum Gasteiger partial charge on any atom is 0.248 e. The zero-order chi connectivity index (χ0) is 23.2. The van der Waals surface area contributed by atoms with Crippen LogP contribution in [-0.4, -0.2) is 53.6 Å². The first-order valence-electron chi connectivity index (χ1n) is 11.9. The monoisotopic (exact) mass is 457 g/mol. The van der Waals surface area contributed by atoms with Crippen LogP contribution in [0.25, 0.3) is 21.9 Å². The highest BCUT2D eigenvalue weighted by Gasteiger charge is 2.25. The number of hydrogen-bond donors (Lipinski definition) is 2. The van der Waals surface area contributed by atoms with E-state index in [9.17, 15) is 4.79 Å². The van der Waals surface area contributed by atoms with E-state index in [0.29, 0.717) is 37.3 Å². The summed E-state index contributed by atoms with van der Waals surface area (Å²) in [6, 6.07) is 6.35. The fourth-order valence-corrected chi connectivity index (χ4v) is 5.42. The number of aryl methyl sites for hydroxylation is 1. The molecule has 2 N–H and O–H groups in total. The van der Waals surface area contributed by atoms with Crippen LogP contribution in [0.4, 0.5) is 11.8 Å². The van der Waals surface area contributed by atoms with Crippen LogP contribution in [0.5, 0.6) is 0 Å². The van der Waals surface area contributed by atoms with Gasteiger partial charge in [0.2, 0.25) is 11.9 Å². The lowest BCUT2D eigenvalue weighted by Gasteiger charge is -2.28. The van der Waals surface area contributed by atoms with Crippen molar-refractivity contribution >= 4 is 39.6 Å². The minimum absolute atomic E-state index is 0.252. The van der Waals surface area contributed by atoms with Crippen LogP contribution in [0.3, 0.4) is 0 Å². The van der Waals surface area contributed by atoms with Crippen LogP contribution in [0.1, 0.15) is 48.7 Å². The van der Waals surface area contributed by atoms with E-state index in [0.717, 1.165) is 51.7 Å². The van der Waals surface area contributed by atoms with Gasteiger partial charge in [-0.05, 0) is 37.5 Å². The Morgan fingerprint density at radius 3 is 2.82 bits per heavy atom. The summed E-state index contributed by atoms with van der Waals surface area (Å²) in [6.07, 6.45) is 9.19. The quantitative estimate of drug-likeness (QED) is 0.483. The SMILES string of the molecule is Cc1nccc2c3cnc(Nc4ccc5c(n4)CCN(C(=O)CO)C5)nc3n(C3CCCC3)c12. The Hall–Kier alpha value is -3.59. The van der Waals surface area contributed by atoms with Crippen molar-refractivity contribution < 1.29 is 9.90 Å². The third-order valence-electron chi connectivity index (χ3n) is 7.10. The summed E-state index contributed by atoms with van der Waals surface area (Å²) in [5.41, 5.74) is 5.06. The maximum absolute atomic E-state index is 11.8. The van der Waals surface area contributed by atoms with E-state index in [1.165, 1.54) is 12.8 Å². The number of anilines is 2. The molecule has 4 aromatic rings. The molecular weight excluding hydrogens is 430 g/mol. The first kappa shape index (κ1) is 21.0. The van der Waals surface area contributed by atoms with Crippen LogP contribution < -0.4 is 5.32 Å². The molecule has 0 atom stereocenters. The summed E-state index contributed by atoms with van der Waals surface area (Å²) in [5, 5.41) is 14.6. The number of carbonyl (C=O) groups excluding carboxylic acids is 1. The van der Waals surface area contributed by atoms with Gasteiger partial charge in [0, 0.05) is 54.4 Å². The van der Waals surface area contributed by atoms with Gasteiger partial charge in [-0.1, -0.05) is 18.9 Å². The maximum atomic E-state index is 11.8. The fraction of sp³-hybridized carbons (Fsp3) is 0.400. The van der Waals surface area contributed by atoms with Crippen molar-refractivity contribution in [2.45, 2.75) is 51.6 Å². The van der Waals surface area contributed by atoms with Crippen molar-refractivity contribution in [2.24, 2.45) is 0 Å². The molecule has 6 rings (SSSR count). The molecule has 4 aromatic heterocycles. The van der Waals surface area contributed by atoms with Crippen molar-refractivity contribution in [1.29, 1.82) is 0 Å². The third kappa shape index (κ3) is 3.47. The van der Waals surface area contributed by atoms with Gasteiger partial charge in [0.1, 0.15) is 18.1 Å². The van der Waals surface area contributed by atoms with Gasteiger partial charge in [0.25, 0.3) is 0 Å². The van der Waals surface area contributed by atoms with Gasteiger partial charge in [-0.15, -0.1) is 0 Å². The van der Waals surface area contributed by atoms with E-state index in [-0.39, 0.29) is 5.91 Å². The van der Waals surface area contributed by atoms with Crippen LogP contribution in [0, 0.1) is 6.92 Å². The van der Waals surface area contributed by atoms with E-state index >= 15 is 0 Å². The lowest BCUT2D eigenvalue weighted by Crippen LogP contribution is -2.37. The molecule has 5 heterocycles. The minimum atomic E-state index is -0.463. The zero-order valence-electron chi connectivity index (χ0n) is 19.2. The average Bonchev–Trinajstić information content (AvgIpc) is 3.50. The molecule has 0 saturated heterocycles. The molecule has 0 aromatic carbocycles. The smallest absolute Gasteiger partial charge is 0.248 e. The number of aliphatic hydroxyl groups is 1. The predicted octanol–water partition coefficient (Wildman–Crippen LogP) is 3.42. The molecule has 0 spiro atoms. The summed E-state index contributed by atoms with van der Waals surface area (Å²) in [5.74, 6) is 0.944. The van der Waals surface area contributed by atoms with Crippen molar-refractivity contribution in [1.82, 2.24) is 29.4 Å². The number of aliphatic hydroxyl groups excluding tert-OH is 1. The normalized spacial score (nSPS) is 16.4. The van der Waals surface area contributed by atoms with Crippen LogP contribution in [0.2, 0.25) is 0 Å². The molecule has 34 heavy (non-hydrogen) atoms. The molecule has 1 saturated carbocycles. The number of carbonyl (C=O) groups is 1. The second-order valence-electron chi connectivity index (χ2n) is 9.18. The zero-order valence-corrected chi connectivity index (χ0v) is 19.2. The Morgan fingerprint density at radius 2 is 2.00 bits per heavy atom. The number of nitrogens with zero attached hydrogens (tertiary/aromatic N) is 6. The van der Waals surface area contributed by atoms with Gasteiger partial charge < -0.3 is 19.9 Å². The number of nitrogens with one attached hydrogen (secondary N) is 1. The number of rotatable bonds is 4. The standard InChI is InChI=1S/C25H27N7O2/c1-15-23-18(8-10-26-15)19-12-27-25(30-24(19)32(23)17-4-2-3-5-17)29-21-7-6-16-13-31(22(34)14-33)11-9-20(16)28-21/h6-8,10,12,17,33H,2-5,9,11,13-14H2,1H3,(H,27,28,29,30). The third-order valence-corrected chi connectivity index (χ3v) is 7.10. The average molecular weight is 458 g/mol. The summed E-state index contributed by atoms with van der Waals surface area (Å²) in [4.78, 5) is 32.3. The number of aromatic nitrogens is 5. The Kier molecular flexibility index (Phi) is 5.13. The van der Waals surface area contributed by atoms with E-state index in [4.69, 9.17) is 15.1 Å². The van der Waals surface area contributed by atoms with Crippen LogP contribution in [-0.2, 0) is 17.8 Å². The van der Waals surface area contributed by atoms with E-state index < -0.39 is 6.61 Å². The molecule has 0 unspecified atom stereocenters. The Morgan fingerprint density at radius 1 is 1.15 bits per heavy atom. The molecule has 0 bridgehead atoms.